The van der Waals surface area contributed by atoms with Crippen molar-refractivity contribution in [2.75, 3.05) is 7.05 Å². The molecule has 0 radical (unpaired) electrons. The molecule has 1 amide bonds. The zero-order valence-electron chi connectivity index (χ0n) is 17.5. The first kappa shape index (κ1) is 19.7. The highest BCUT2D eigenvalue weighted by Crippen LogP contribution is 2.20. The van der Waals surface area contributed by atoms with Gasteiger partial charge < -0.3 is 4.90 Å². The first-order valence-corrected chi connectivity index (χ1v) is 9.44. The van der Waals surface area contributed by atoms with Crippen LogP contribution in [0.15, 0.2) is 42.6 Å². The third-order valence-electron chi connectivity index (χ3n) is 4.54. The molecule has 4 heteroatoms. The molecular formula is C24H27N3O. The quantitative estimate of drug-likeness (QED) is 0.632. The summed E-state index contributed by atoms with van der Waals surface area (Å²) < 4.78 is 1.78. The van der Waals surface area contributed by atoms with Crippen molar-refractivity contribution in [3.05, 3.63) is 65.0 Å². The minimum Gasteiger partial charge on any atom is -0.337 e. The number of aromatic nitrogens is 2. The van der Waals surface area contributed by atoms with E-state index in [-0.39, 0.29) is 11.3 Å². The van der Waals surface area contributed by atoms with Gasteiger partial charge in [-0.1, -0.05) is 24.0 Å². The van der Waals surface area contributed by atoms with Crippen LogP contribution in [0.5, 0.6) is 0 Å². The fourth-order valence-electron chi connectivity index (χ4n) is 3.07. The van der Waals surface area contributed by atoms with Crippen LogP contribution in [0.3, 0.4) is 0 Å². The topological polar surface area (TPSA) is 38.1 Å². The molecule has 2 aromatic carbocycles. The second-order valence-electron chi connectivity index (χ2n) is 8.35. The molecule has 0 N–H and O–H groups in total. The Kier molecular flexibility index (Phi) is 5.29. The van der Waals surface area contributed by atoms with Crippen LogP contribution in [0, 0.1) is 24.2 Å². The smallest absolute Gasteiger partial charge is 0.253 e. The number of amides is 1. The highest BCUT2D eigenvalue weighted by molar-refractivity contribution is 5.98. The van der Waals surface area contributed by atoms with E-state index in [1.807, 2.05) is 57.5 Å². The Morgan fingerprint density at radius 3 is 2.46 bits per heavy atom. The molecule has 144 valence electrons. The van der Waals surface area contributed by atoms with Gasteiger partial charge in [-0.2, -0.15) is 5.10 Å². The van der Waals surface area contributed by atoms with Crippen molar-refractivity contribution in [2.24, 2.45) is 12.5 Å². The van der Waals surface area contributed by atoms with Gasteiger partial charge in [0.25, 0.3) is 5.91 Å². The highest BCUT2D eigenvalue weighted by Gasteiger charge is 2.15. The van der Waals surface area contributed by atoms with Gasteiger partial charge in [0.2, 0.25) is 0 Å². The van der Waals surface area contributed by atoms with Gasteiger partial charge in [0.05, 0.1) is 5.69 Å². The van der Waals surface area contributed by atoms with Crippen molar-refractivity contribution in [3.63, 3.8) is 0 Å². The van der Waals surface area contributed by atoms with Crippen molar-refractivity contribution in [1.82, 2.24) is 14.7 Å². The molecule has 1 aromatic heterocycles. The Morgan fingerprint density at radius 2 is 1.82 bits per heavy atom. The second-order valence-corrected chi connectivity index (χ2v) is 8.35. The van der Waals surface area contributed by atoms with Crippen molar-refractivity contribution < 1.29 is 4.79 Å². The molecule has 0 unspecified atom stereocenters. The molecule has 0 spiro atoms. The second kappa shape index (κ2) is 7.52. The molecule has 0 fully saturated rings. The van der Waals surface area contributed by atoms with Crippen LogP contribution in [0.4, 0.5) is 0 Å². The van der Waals surface area contributed by atoms with Gasteiger partial charge in [0.15, 0.2) is 0 Å². The predicted octanol–water partition coefficient (Wildman–Crippen LogP) is 4.55. The monoisotopic (exact) mass is 373 g/mol. The molecule has 0 bridgehead atoms. The summed E-state index contributed by atoms with van der Waals surface area (Å²) in [6.45, 7) is 8.80. The van der Waals surface area contributed by atoms with E-state index in [1.54, 1.807) is 9.58 Å². The third-order valence-corrected chi connectivity index (χ3v) is 4.54. The number of hydrogen-bond donors (Lipinski definition) is 0. The van der Waals surface area contributed by atoms with Crippen molar-refractivity contribution in [2.45, 2.75) is 34.2 Å². The summed E-state index contributed by atoms with van der Waals surface area (Å²) in [7, 11) is 3.71. The van der Waals surface area contributed by atoms with Crippen LogP contribution in [0.1, 0.15) is 48.0 Å². The van der Waals surface area contributed by atoms with Crippen LogP contribution < -0.4 is 0 Å². The van der Waals surface area contributed by atoms with Gasteiger partial charge in [-0.25, -0.2) is 0 Å². The Balaban J connectivity index is 1.82. The van der Waals surface area contributed by atoms with E-state index in [1.165, 1.54) is 0 Å². The Hall–Kier alpha value is -3.06. The standard InChI is InChI=1S/C24H27N3O/c1-17-22(16-27(6)25-17)15-26(5)23(28)21-10-9-19-13-18(7-8-20(19)14-21)11-12-24(2,3)4/h7-10,13-14,16H,15H2,1-6H3. The SMILES string of the molecule is Cc1nn(C)cc1CN(C)C(=O)c1ccc2cc(C#CC(C)(C)C)ccc2c1. The van der Waals surface area contributed by atoms with E-state index < -0.39 is 0 Å². The average Bonchev–Trinajstić information content (AvgIpc) is 2.95. The van der Waals surface area contributed by atoms with Crippen LogP contribution in [0.25, 0.3) is 10.8 Å². The molecule has 0 atom stereocenters. The number of rotatable bonds is 3. The lowest BCUT2D eigenvalue weighted by Gasteiger charge is -2.17. The maximum atomic E-state index is 12.9. The number of fused-ring (bicyclic) bond motifs is 1. The maximum Gasteiger partial charge on any atom is 0.253 e. The molecule has 4 nitrogen and oxygen atoms in total. The van der Waals surface area contributed by atoms with Crippen LogP contribution in [-0.2, 0) is 13.6 Å². The lowest BCUT2D eigenvalue weighted by molar-refractivity contribution is 0.0785. The van der Waals surface area contributed by atoms with Crippen LogP contribution in [-0.4, -0.2) is 27.6 Å². The number of carbonyl (C=O) groups is 1. The predicted molar refractivity (Wildman–Crippen MR) is 114 cm³/mol. The summed E-state index contributed by atoms with van der Waals surface area (Å²) in [5, 5.41) is 6.47. The summed E-state index contributed by atoms with van der Waals surface area (Å²) in [6.07, 6.45) is 1.96. The van der Waals surface area contributed by atoms with E-state index in [0.717, 1.165) is 27.6 Å². The first-order valence-electron chi connectivity index (χ1n) is 9.44. The molecule has 1 heterocycles. The molecule has 0 saturated carbocycles. The minimum absolute atomic E-state index is 0.00162. The Morgan fingerprint density at radius 1 is 1.14 bits per heavy atom. The lowest BCUT2D eigenvalue weighted by Crippen LogP contribution is -2.26. The fourth-order valence-corrected chi connectivity index (χ4v) is 3.07. The van der Waals surface area contributed by atoms with Crippen LogP contribution >= 0.6 is 0 Å². The summed E-state index contributed by atoms with van der Waals surface area (Å²) >= 11 is 0. The molecule has 0 aliphatic rings. The Bertz CT molecular complexity index is 1090. The van der Waals surface area contributed by atoms with E-state index in [0.29, 0.717) is 12.1 Å². The summed E-state index contributed by atoms with van der Waals surface area (Å²) in [5.41, 5.74) is 3.66. The number of hydrogen-bond acceptors (Lipinski definition) is 2. The minimum atomic E-state index is -0.0254. The normalized spacial score (nSPS) is 11.2. The molecule has 3 aromatic rings. The van der Waals surface area contributed by atoms with E-state index >= 15 is 0 Å². The van der Waals surface area contributed by atoms with Gasteiger partial charge in [-0.05, 0) is 62.7 Å². The fraction of sp³-hybridized carbons (Fsp3) is 0.333. The van der Waals surface area contributed by atoms with Gasteiger partial charge in [0, 0.05) is 48.9 Å². The summed E-state index contributed by atoms with van der Waals surface area (Å²) in [6, 6.07) is 11.9. The molecule has 3 rings (SSSR count). The molecule has 28 heavy (non-hydrogen) atoms. The molecule has 0 aliphatic heterocycles. The molecule has 0 saturated heterocycles. The van der Waals surface area contributed by atoms with Gasteiger partial charge in [-0.3, -0.25) is 9.48 Å². The van der Waals surface area contributed by atoms with Crippen LogP contribution in [0.2, 0.25) is 0 Å². The van der Waals surface area contributed by atoms with Crippen molar-refractivity contribution >= 4 is 16.7 Å². The largest absolute Gasteiger partial charge is 0.337 e. The van der Waals surface area contributed by atoms with Crippen molar-refractivity contribution in [3.8, 4) is 11.8 Å². The van der Waals surface area contributed by atoms with E-state index in [2.05, 4.69) is 43.8 Å². The van der Waals surface area contributed by atoms with Crippen molar-refractivity contribution in [1.29, 1.82) is 0 Å². The zero-order valence-corrected chi connectivity index (χ0v) is 17.5. The van der Waals surface area contributed by atoms with Gasteiger partial charge in [-0.15, -0.1) is 0 Å². The highest BCUT2D eigenvalue weighted by atomic mass is 16.2. The zero-order chi connectivity index (χ0) is 20.5. The molecule has 0 aliphatic carbocycles. The number of nitrogens with zero attached hydrogens (tertiary/aromatic N) is 3. The summed E-state index contributed by atoms with van der Waals surface area (Å²) in [5.74, 6) is 6.49. The lowest BCUT2D eigenvalue weighted by atomic mass is 9.97. The maximum absolute atomic E-state index is 12.9. The third kappa shape index (κ3) is 4.61. The first-order chi connectivity index (χ1) is 13.1. The number of aryl methyl sites for hydroxylation is 2. The number of carbonyl (C=O) groups excluding carboxylic acids is 1. The average molecular weight is 374 g/mol. The van der Waals surface area contributed by atoms with E-state index in [4.69, 9.17) is 0 Å². The van der Waals surface area contributed by atoms with E-state index in [9.17, 15) is 4.79 Å². The van der Waals surface area contributed by atoms with Gasteiger partial charge in [0.1, 0.15) is 0 Å². The number of benzene rings is 2. The summed E-state index contributed by atoms with van der Waals surface area (Å²) in [4.78, 5) is 14.6. The molecular weight excluding hydrogens is 346 g/mol. The Labute approximate surface area is 167 Å². The van der Waals surface area contributed by atoms with Gasteiger partial charge >= 0.3 is 0 Å².